The average molecular weight is 318 g/mol. The van der Waals surface area contributed by atoms with E-state index in [1.165, 1.54) is 12.8 Å². The van der Waals surface area contributed by atoms with Gasteiger partial charge in [-0.2, -0.15) is 0 Å². The molecule has 0 spiro atoms. The molecule has 0 bridgehead atoms. The summed E-state index contributed by atoms with van der Waals surface area (Å²) in [6.07, 6.45) is 6.76. The molecular weight excluding hydrogens is 292 g/mol. The Labute approximate surface area is 137 Å². The monoisotopic (exact) mass is 318 g/mol. The van der Waals surface area contributed by atoms with Gasteiger partial charge in [-0.25, -0.2) is 4.98 Å². The Morgan fingerprint density at radius 3 is 2.65 bits per heavy atom. The molecule has 2 amide bonds. The third kappa shape index (κ3) is 6.67. The summed E-state index contributed by atoms with van der Waals surface area (Å²) in [7, 11) is 0. The molecule has 0 aliphatic heterocycles. The first-order chi connectivity index (χ1) is 11.1. The van der Waals surface area contributed by atoms with Gasteiger partial charge in [0.1, 0.15) is 5.82 Å². The molecule has 2 rings (SSSR count). The second-order valence-electron chi connectivity index (χ2n) is 6.04. The Hall–Kier alpha value is -2.11. The van der Waals surface area contributed by atoms with E-state index in [9.17, 15) is 9.59 Å². The smallest absolute Gasteiger partial charge is 0.220 e. The summed E-state index contributed by atoms with van der Waals surface area (Å²) in [6.45, 7) is 3.13. The van der Waals surface area contributed by atoms with E-state index in [0.29, 0.717) is 19.1 Å². The lowest BCUT2D eigenvalue weighted by atomic mass is 10.2. The lowest BCUT2D eigenvalue weighted by Gasteiger charge is -2.11. The fourth-order valence-corrected chi connectivity index (χ4v) is 2.71. The lowest BCUT2D eigenvalue weighted by Crippen LogP contribution is -2.34. The normalized spacial score (nSPS) is 14.5. The molecule has 1 aliphatic carbocycles. The standard InChI is InChI=1S/C17H26N4O2/c1-13-8-9-18-15(12-13)19-10-11-20-16(22)6-7-17(23)21-14-4-2-3-5-14/h8-9,12,14H,2-7,10-11H2,1H3,(H,18,19)(H,20,22)(H,21,23). The Morgan fingerprint density at radius 2 is 1.91 bits per heavy atom. The van der Waals surface area contributed by atoms with Crippen LogP contribution < -0.4 is 16.0 Å². The van der Waals surface area contributed by atoms with Crippen molar-refractivity contribution in [3.8, 4) is 0 Å². The molecular formula is C17H26N4O2. The van der Waals surface area contributed by atoms with E-state index in [1.54, 1.807) is 6.20 Å². The largest absolute Gasteiger partial charge is 0.368 e. The van der Waals surface area contributed by atoms with Gasteiger partial charge in [-0.1, -0.05) is 12.8 Å². The molecule has 0 atom stereocenters. The van der Waals surface area contributed by atoms with Gasteiger partial charge in [-0.15, -0.1) is 0 Å². The van der Waals surface area contributed by atoms with E-state index in [2.05, 4.69) is 20.9 Å². The number of pyridine rings is 1. The highest BCUT2D eigenvalue weighted by atomic mass is 16.2. The van der Waals surface area contributed by atoms with Crippen molar-refractivity contribution in [1.29, 1.82) is 0 Å². The van der Waals surface area contributed by atoms with Crippen molar-refractivity contribution in [2.75, 3.05) is 18.4 Å². The van der Waals surface area contributed by atoms with Crippen LogP contribution in [0.4, 0.5) is 5.82 Å². The number of carbonyl (C=O) groups is 2. The zero-order chi connectivity index (χ0) is 16.5. The molecule has 0 unspecified atom stereocenters. The summed E-state index contributed by atoms with van der Waals surface area (Å²) < 4.78 is 0. The quantitative estimate of drug-likeness (QED) is 0.638. The molecule has 0 radical (unpaired) electrons. The number of nitrogens with zero attached hydrogens (tertiary/aromatic N) is 1. The van der Waals surface area contributed by atoms with E-state index in [1.807, 2.05) is 19.1 Å². The number of hydrogen-bond acceptors (Lipinski definition) is 4. The van der Waals surface area contributed by atoms with Crippen molar-refractivity contribution in [3.63, 3.8) is 0 Å². The van der Waals surface area contributed by atoms with E-state index < -0.39 is 0 Å². The number of carbonyl (C=O) groups excluding carboxylic acids is 2. The minimum Gasteiger partial charge on any atom is -0.368 e. The number of aromatic nitrogens is 1. The molecule has 1 aliphatic rings. The molecule has 1 aromatic heterocycles. The summed E-state index contributed by atoms with van der Waals surface area (Å²) in [4.78, 5) is 27.6. The first-order valence-corrected chi connectivity index (χ1v) is 8.36. The highest BCUT2D eigenvalue weighted by Crippen LogP contribution is 2.17. The number of rotatable bonds is 8. The Morgan fingerprint density at radius 1 is 1.17 bits per heavy atom. The van der Waals surface area contributed by atoms with Gasteiger partial charge in [0.2, 0.25) is 11.8 Å². The van der Waals surface area contributed by atoms with Crippen LogP contribution in [0.15, 0.2) is 18.3 Å². The highest BCUT2D eigenvalue weighted by molar-refractivity contribution is 5.83. The third-order valence-electron chi connectivity index (χ3n) is 3.97. The second kappa shape index (κ2) is 9.12. The molecule has 1 fully saturated rings. The summed E-state index contributed by atoms with van der Waals surface area (Å²) >= 11 is 0. The number of amides is 2. The molecule has 6 heteroatoms. The van der Waals surface area contributed by atoms with Crippen LogP contribution in [-0.4, -0.2) is 35.9 Å². The Bertz CT molecular complexity index is 527. The van der Waals surface area contributed by atoms with Crippen LogP contribution in [0.1, 0.15) is 44.1 Å². The molecule has 1 saturated carbocycles. The van der Waals surface area contributed by atoms with Crippen LogP contribution in [0, 0.1) is 6.92 Å². The van der Waals surface area contributed by atoms with Crippen LogP contribution >= 0.6 is 0 Å². The van der Waals surface area contributed by atoms with Gasteiger partial charge in [0.05, 0.1) is 0 Å². The van der Waals surface area contributed by atoms with Crippen LogP contribution in [0.3, 0.4) is 0 Å². The number of anilines is 1. The lowest BCUT2D eigenvalue weighted by molar-refractivity contribution is -0.126. The topological polar surface area (TPSA) is 83.1 Å². The molecule has 3 N–H and O–H groups in total. The van der Waals surface area contributed by atoms with Gasteiger partial charge in [-0.3, -0.25) is 9.59 Å². The van der Waals surface area contributed by atoms with Crippen LogP contribution in [0.2, 0.25) is 0 Å². The molecule has 23 heavy (non-hydrogen) atoms. The first-order valence-electron chi connectivity index (χ1n) is 8.36. The van der Waals surface area contributed by atoms with Gasteiger partial charge in [-0.05, 0) is 37.5 Å². The SMILES string of the molecule is Cc1ccnc(NCCNC(=O)CCC(=O)NC2CCCC2)c1. The molecule has 1 aromatic rings. The predicted octanol–water partition coefficient (Wildman–Crippen LogP) is 1.76. The number of hydrogen-bond donors (Lipinski definition) is 3. The van der Waals surface area contributed by atoms with Gasteiger partial charge in [0.15, 0.2) is 0 Å². The minimum absolute atomic E-state index is 0.0193. The summed E-state index contributed by atoms with van der Waals surface area (Å²) in [5.41, 5.74) is 1.14. The van der Waals surface area contributed by atoms with Crippen molar-refractivity contribution in [1.82, 2.24) is 15.6 Å². The molecule has 1 heterocycles. The summed E-state index contributed by atoms with van der Waals surface area (Å²) in [5, 5.41) is 8.94. The van der Waals surface area contributed by atoms with Crippen molar-refractivity contribution in [2.45, 2.75) is 51.5 Å². The number of aryl methyl sites for hydroxylation is 1. The van der Waals surface area contributed by atoms with E-state index in [0.717, 1.165) is 24.2 Å². The van der Waals surface area contributed by atoms with E-state index in [-0.39, 0.29) is 24.7 Å². The molecule has 0 aromatic carbocycles. The maximum absolute atomic E-state index is 11.7. The third-order valence-corrected chi connectivity index (χ3v) is 3.97. The van der Waals surface area contributed by atoms with Gasteiger partial charge >= 0.3 is 0 Å². The van der Waals surface area contributed by atoms with Crippen LogP contribution in [0.25, 0.3) is 0 Å². The van der Waals surface area contributed by atoms with Crippen LogP contribution in [-0.2, 0) is 9.59 Å². The Kier molecular flexibility index (Phi) is 6.84. The fourth-order valence-electron chi connectivity index (χ4n) is 2.71. The van der Waals surface area contributed by atoms with E-state index in [4.69, 9.17) is 0 Å². The molecule has 6 nitrogen and oxygen atoms in total. The molecule has 0 saturated heterocycles. The maximum atomic E-state index is 11.7. The molecule has 126 valence electrons. The average Bonchev–Trinajstić information content (AvgIpc) is 3.02. The first kappa shape index (κ1) is 17.2. The number of nitrogens with one attached hydrogen (secondary N) is 3. The predicted molar refractivity (Wildman–Crippen MR) is 90.1 cm³/mol. The highest BCUT2D eigenvalue weighted by Gasteiger charge is 2.17. The van der Waals surface area contributed by atoms with Gasteiger partial charge in [0, 0.05) is 38.2 Å². The zero-order valence-electron chi connectivity index (χ0n) is 13.7. The van der Waals surface area contributed by atoms with Crippen molar-refractivity contribution in [2.24, 2.45) is 0 Å². The van der Waals surface area contributed by atoms with Crippen LogP contribution in [0.5, 0.6) is 0 Å². The Balaban J connectivity index is 1.53. The second-order valence-corrected chi connectivity index (χ2v) is 6.04. The van der Waals surface area contributed by atoms with E-state index >= 15 is 0 Å². The zero-order valence-corrected chi connectivity index (χ0v) is 13.7. The fraction of sp³-hybridized carbons (Fsp3) is 0.588. The summed E-state index contributed by atoms with van der Waals surface area (Å²) in [6, 6.07) is 4.20. The van der Waals surface area contributed by atoms with Crippen molar-refractivity contribution in [3.05, 3.63) is 23.9 Å². The summed E-state index contributed by atoms with van der Waals surface area (Å²) in [5.74, 6) is 0.690. The minimum atomic E-state index is -0.0921. The van der Waals surface area contributed by atoms with Gasteiger partial charge in [0.25, 0.3) is 0 Å². The van der Waals surface area contributed by atoms with Crippen molar-refractivity contribution >= 4 is 17.6 Å². The van der Waals surface area contributed by atoms with Gasteiger partial charge < -0.3 is 16.0 Å². The maximum Gasteiger partial charge on any atom is 0.220 e. The van der Waals surface area contributed by atoms with Crippen molar-refractivity contribution < 1.29 is 9.59 Å².